The third-order valence-corrected chi connectivity index (χ3v) is 3.87. The molecule has 1 saturated heterocycles. The molecule has 126 valence electrons. The van der Waals surface area contributed by atoms with Gasteiger partial charge in [-0.15, -0.1) is 0 Å². The van der Waals surface area contributed by atoms with Crippen molar-refractivity contribution in [3.05, 3.63) is 42.5 Å². The molecule has 1 aromatic rings. The number of amides is 1. The number of hydrogen-bond acceptors (Lipinski definition) is 3. The van der Waals surface area contributed by atoms with E-state index in [2.05, 4.69) is 6.58 Å². The second kappa shape index (κ2) is 6.62. The normalized spacial score (nSPS) is 17.7. The summed E-state index contributed by atoms with van der Waals surface area (Å²) in [5.74, 6) is 0.219. The number of alkyl halides is 3. The number of halogens is 3. The number of ether oxygens (including phenoxy) is 1. The summed E-state index contributed by atoms with van der Waals surface area (Å²) < 4.78 is 43.5. The molecular weight excluding hydrogens is 311 g/mol. The fourth-order valence-corrected chi connectivity index (χ4v) is 2.39. The molecule has 4 nitrogen and oxygen atoms in total. The summed E-state index contributed by atoms with van der Waals surface area (Å²) in [7, 11) is 0. The first kappa shape index (κ1) is 17.3. The van der Waals surface area contributed by atoms with Crippen LogP contribution in [0.1, 0.15) is 23.2 Å². The van der Waals surface area contributed by atoms with E-state index < -0.39 is 24.6 Å². The predicted molar refractivity (Wildman–Crippen MR) is 78.3 cm³/mol. The molecule has 1 amide bonds. The lowest BCUT2D eigenvalue weighted by Gasteiger charge is -2.39. The van der Waals surface area contributed by atoms with Crippen LogP contribution < -0.4 is 4.74 Å². The predicted octanol–water partition coefficient (Wildman–Crippen LogP) is 2.78. The van der Waals surface area contributed by atoms with E-state index in [-0.39, 0.29) is 19.0 Å². The van der Waals surface area contributed by atoms with Crippen molar-refractivity contribution >= 4 is 5.91 Å². The Balaban J connectivity index is 1.98. The summed E-state index contributed by atoms with van der Waals surface area (Å²) in [4.78, 5) is 13.6. The lowest BCUT2D eigenvalue weighted by Crippen LogP contribution is -2.54. The van der Waals surface area contributed by atoms with E-state index in [1.54, 1.807) is 30.3 Å². The smallest absolute Gasteiger partial charge is 0.417 e. The van der Waals surface area contributed by atoms with Gasteiger partial charge in [0.25, 0.3) is 5.91 Å². The van der Waals surface area contributed by atoms with Gasteiger partial charge in [-0.3, -0.25) is 4.79 Å². The van der Waals surface area contributed by atoms with Crippen LogP contribution in [0.25, 0.3) is 0 Å². The maximum atomic E-state index is 12.7. The molecule has 1 aliphatic rings. The lowest BCUT2D eigenvalue weighted by molar-refractivity contribution is -0.271. The Kier molecular flexibility index (Phi) is 4.99. The highest BCUT2D eigenvalue weighted by Crippen LogP contribution is 2.38. The summed E-state index contributed by atoms with van der Waals surface area (Å²) in [5.41, 5.74) is -2.33. The highest BCUT2D eigenvalue weighted by molar-refractivity contribution is 5.94. The lowest BCUT2D eigenvalue weighted by atomic mass is 9.90. The molecule has 2 rings (SSSR count). The Morgan fingerprint density at radius 1 is 1.30 bits per heavy atom. The summed E-state index contributed by atoms with van der Waals surface area (Å²) in [6.07, 6.45) is -4.10. The molecule has 0 saturated carbocycles. The number of aliphatic hydroxyl groups is 1. The molecule has 0 spiro atoms. The number of carbonyl (C=O) groups is 1. The van der Waals surface area contributed by atoms with Crippen LogP contribution in [0, 0.1) is 0 Å². The summed E-state index contributed by atoms with van der Waals surface area (Å²) in [6.45, 7) is 3.60. The van der Waals surface area contributed by atoms with E-state index in [1.807, 2.05) is 0 Å². The fourth-order valence-electron chi connectivity index (χ4n) is 2.39. The molecule has 1 aliphatic heterocycles. The number of rotatable bonds is 4. The zero-order chi connectivity index (χ0) is 17.1. The van der Waals surface area contributed by atoms with E-state index in [0.717, 1.165) is 0 Å². The Morgan fingerprint density at radius 2 is 1.87 bits per heavy atom. The van der Waals surface area contributed by atoms with Gasteiger partial charge in [0.2, 0.25) is 0 Å². The van der Waals surface area contributed by atoms with Crippen molar-refractivity contribution in [3.8, 4) is 5.75 Å². The Hall–Kier alpha value is -2.02. The average Bonchev–Trinajstić information content (AvgIpc) is 2.52. The molecule has 0 atom stereocenters. The maximum Gasteiger partial charge on any atom is 0.417 e. The minimum Gasteiger partial charge on any atom is -0.490 e. The minimum atomic E-state index is -4.67. The van der Waals surface area contributed by atoms with E-state index >= 15 is 0 Å². The van der Waals surface area contributed by atoms with Crippen LogP contribution in [0.3, 0.4) is 0 Å². The number of carbonyl (C=O) groups excluding carboxylic acids is 1. The van der Waals surface area contributed by atoms with Crippen molar-refractivity contribution in [3.63, 3.8) is 0 Å². The van der Waals surface area contributed by atoms with Gasteiger partial charge >= 0.3 is 6.18 Å². The van der Waals surface area contributed by atoms with Gasteiger partial charge in [0, 0.05) is 31.5 Å². The summed E-state index contributed by atoms with van der Waals surface area (Å²) in [5, 5.41) is 9.61. The van der Waals surface area contributed by atoms with Crippen molar-refractivity contribution in [1.82, 2.24) is 4.90 Å². The van der Waals surface area contributed by atoms with E-state index in [4.69, 9.17) is 4.74 Å². The van der Waals surface area contributed by atoms with Crippen LogP contribution in [0.2, 0.25) is 0 Å². The van der Waals surface area contributed by atoms with Gasteiger partial charge in [-0.25, -0.2) is 0 Å². The molecule has 1 fully saturated rings. The Bertz CT molecular complexity index is 561. The van der Waals surface area contributed by atoms with Crippen LogP contribution in [0.5, 0.6) is 5.75 Å². The van der Waals surface area contributed by atoms with Crippen molar-refractivity contribution in [1.29, 1.82) is 0 Å². The minimum absolute atomic E-state index is 0.135. The molecule has 23 heavy (non-hydrogen) atoms. The van der Waals surface area contributed by atoms with Gasteiger partial charge in [0.05, 0.1) is 0 Å². The first-order chi connectivity index (χ1) is 10.8. The third kappa shape index (κ3) is 3.85. The largest absolute Gasteiger partial charge is 0.490 e. The molecule has 1 aromatic carbocycles. The fraction of sp³-hybridized carbons (Fsp3) is 0.438. The van der Waals surface area contributed by atoms with Crippen molar-refractivity contribution in [2.24, 2.45) is 0 Å². The Morgan fingerprint density at radius 3 is 2.35 bits per heavy atom. The Labute approximate surface area is 132 Å². The second-order valence-corrected chi connectivity index (χ2v) is 5.45. The quantitative estimate of drug-likeness (QED) is 0.864. The first-order valence-corrected chi connectivity index (χ1v) is 7.19. The van der Waals surface area contributed by atoms with Gasteiger partial charge in [-0.1, -0.05) is 12.7 Å². The van der Waals surface area contributed by atoms with Gasteiger partial charge in [-0.05, 0) is 24.3 Å². The molecule has 0 aliphatic carbocycles. The number of likely N-dealkylation sites (tertiary alicyclic amines) is 1. The van der Waals surface area contributed by atoms with Gasteiger partial charge < -0.3 is 14.7 Å². The highest BCUT2D eigenvalue weighted by Gasteiger charge is 2.54. The van der Waals surface area contributed by atoms with Crippen LogP contribution in [0.15, 0.2) is 36.9 Å². The van der Waals surface area contributed by atoms with E-state index in [1.165, 1.54) is 4.90 Å². The van der Waals surface area contributed by atoms with Gasteiger partial charge in [0.15, 0.2) is 5.60 Å². The van der Waals surface area contributed by atoms with E-state index in [9.17, 15) is 23.1 Å². The highest BCUT2D eigenvalue weighted by atomic mass is 19.4. The number of piperidine rings is 1. The number of nitrogens with zero attached hydrogens (tertiary/aromatic N) is 1. The molecule has 1 N–H and O–H groups in total. The molecule has 0 radical (unpaired) electrons. The monoisotopic (exact) mass is 329 g/mol. The SMILES string of the molecule is C=CCOc1ccc(C(=O)N2CCC(O)(C(F)(F)F)CC2)cc1. The summed E-state index contributed by atoms with van der Waals surface area (Å²) >= 11 is 0. The molecule has 7 heteroatoms. The number of benzene rings is 1. The van der Waals surface area contributed by atoms with Gasteiger partial charge in [0.1, 0.15) is 12.4 Å². The van der Waals surface area contributed by atoms with Crippen LogP contribution in [-0.2, 0) is 0 Å². The molecule has 1 heterocycles. The molecule has 0 aromatic heterocycles. The summed E-state index contributed by atoms with van der Waals surface area (Å²) in [6, 6.07) is 6.36. The first-order valence-electron chi connectivity index (χ1n) is 7.19. The number of hydrogen-bond donors (Lipinski definition) is 1. The molecule has 0 unspecified atom stereocenters. The zero-order valence-corrected chi connectivity index (χ0v) is 12.5. The van der Waals surface area contributed by atoms with Crippen LogP contribution in [0.4, 0.5) is 13.2 Å². The van der Waals surface area contributed by atoms with Crippen LogP contribution >= 0.6 is 0 Å². The maximum absolute atomic E-state index is 12.7. The second-order valence-electron chi connectivity index (χ2n) is 5.45. The third-order valence-electron chi connectivity index (χ3n) is 3.87. The standard InChI is InChI=1S/C16H18F3NO3/c1-2-11-23-13-5-3-12(4-6-13)14(21)20-9-7-15(22,8-10-20)16(17,18)19/h2-6,22H,1,7-11H2. The van der Waals surface area contributed by atoms with Crippen molar-refractivity contribution in [2.75, 3.05) is 19.7 Å². The topological polar surface area (TPSA) is 49.8 Å². The average molecular weight is 329 g/mol. The molecule has 0 bridgehead atoms. The van der Waals surface area contributed by atoms with Gasteiger partial charge in [-0.2, -0.15) is 13.2 Å². The van der Waals surface area contributed by atoms with Crippen molar-refractivity contribution in [2.45, 2.75) is 24.6 Å². The zero-order valence-electron chi connectivity index (χ0n) is 12.5. The van der Waals surface area contributed by atoms with E-state index in [0.29, 0.717) is 17.9 Å². The van der Waals surface area contributed by atoms with Crippen molar-refractivity contribution < 1.29 is 27.8 Å². The molecular formula is C16H18F3NO3. The van der Waals surface area contributed by atoms with Crippen LogP contribution in [-0.4, -0.2) is 47.4 Å².